The SMILES string of the molecule is CCc1cccc2c1NC(=O)C21Cc2ccc(NC(=O)CN3C(=O)C4(COCCOC4)NCC3c3cc(F)cc(F)c3)cc2C1. The van der Waals surface area contributed by atoms with Crippen LogP contribution in [0.5, 0.6) is 0 Å². The van der Waals surface area contributed by atoms with Crippen molar-refractivity contribution in [2.24, 2.45) is 0 Å². The summed E-state index contributed by atoms with van der Waals surface area (Å²) in [6.45, 7) is 2.56. The number of para-hydroxylation sites is 1. The Hall–Kier alpha value is -4.19. The highest BCUT2D eigenvalue weighted by Gasteiger charge is 2.51. The number of hydrogen-bond acceptors (Lipinski definition) is 6. The zero-order chi connectivity index (χ0) is 31.3. The second kappa shape index (κ2) is 11.3. The fourth-order valence-corrected chi connectivity index (χ4v) is 7.28. The maximum atomic E-state index is 14.2. The number of benzene rings is 3. The van der Waals surface area contributed by atoms with E-state index in [2.05, 4.69) is 22.9 Å². The number of halogens is 2. The Morgan fingerprint density at radius 1 is 1.00 bits per heavy atom. The molecule has 234 valence electrons. The molecule has 9 nitrogen and oxygen atoms in total. The Morgan fingerprint density at radius 3 is 2.47 bits per heavy atom. The summed E-state index contributed by atoms with van der Waals surface area (Å²) in [6, 6.07) is 13.9. The zero-order valence-corrected chi connectivity index (χ0v) is 24.9. The molecule has 2 spiro atoms. The van der Waals surface area contributed by atoms with Crippen molar-refractivity contribution in [1.82, 2.24) is 10.2 Å². The molecular formula is C34H34F2N4O5. The van der Waals surface area contributed by atoms with Crippen molar-refractivity contribution in [3.8, 4) is 0 Å². The van der Waals surface area contributed by atoms with Crippen LogP contribution in [-0.2, 0) is 48.5 Å². The van der Waals surface area contributed by atoms with Gasteiger partial charge in [0.15, 0.2) is 0 Å². The number of piperazine rings is 1. The van der Waals surface area contributed by atoms with Gasteiger partial charge < -0.3 is 25.0 Å². The molecule has 0 bridgehead atoms. The Bertz CT molecular complexity index is 1690. The summed E-state index contributed by atoms with van der Waals surface area (Å²) in [4.78, 5) is 42.2. The Labute approximate surface area is 259 Å². The van der Waals surface area contributed by atoms with Crippen LogP contribution in [0, 0.1) is 11.6 Å². The van der Waals surface area contributed by atoms with Crippen LogP contribution in [0.1, 0.15) is 40.8 Å². The summed E-state index contributed by atoms with van der Waals surface area (Å²) in [7, 11) is 0. The number of nitrogens with one attached hydrogen (secondary N) is 3. The van der Waals surface area contributed by atoms with E-state index in [1.165, 1.54) is 17.0 Å². The lowest BCUT2D eigenvalue weighted by Gasteiger charge is -2.45. The zero-order valence-electron chi connectivity index (χ0n) is 24.9. The third-order valence-corrected chi connectivity index (χ3v) is 9.53. The minimum atomic E-state index is -1.23. The van der Waals surface area contributed by atoms with Crippen molar-refractivity contribution in [1.29, 1.82) is 0 Å². The Morgan fingerprint density at radius 2 is 1.73 bits per heavy atom. The van der Waals surface area contributed by atoms with Crippen molar-refractivity contribution >= 4 is 29.1 Å². The summed E-state index contributed by atoms with van der Waals surface area (Å²) in [5.41, 5.74) is 3.87. The second-order valence-electron chi connectivity index (χ2n) is 12.3. The lowest BCUT2D eigenvalue weighted by molar-refractivity contribution is -0.151. The van der Waals surface area contributed by atoms with E-state index in [-0.39, 0.29) is 37.8 Å². The third-order valence-electron chi connectivity index (χ3n) is 9.53. The average molecular weight is 617 g/mol. The van der Waals surface area contributed by atoms with Crippen molar-refractivity contribution in [3.63, 3.8) is 0 Å². The third kappa shape index (κ3) is 5.08. The van der Waals surface area contributed by atoms with E-state index in [0.717, 1.165) is 40.4 Å². The summed E-state index contributed by atoms with van der Waals surface area (Å²) < 4.78 is 39.7. The molecule has 7 rings (SSSR count). The first-order valence-electron chi connectivity index (χ1n) is 15.2. The van der Waals surface area contributed by atoms with E-state index in [1.54, 1.807) is 6.07 Å². The highest BCUT2D eigenvalue weighted by atomic mass is 19.1. The molecule has 3 aromatic rings. The number of carbonyl (C=O) groups excluding carboxylic acids is 3. The second-order valence-corrected chi connectivity index (χ2v) is 12.3. The first-order chi connectivity index (χ1) is 21.7. The lowest BCUT2D eigenvalue weighted by atomic mass is 9.78. The topological polar surface area (TPSA) is 109 Å². The molecule has 0 saturated carbocycles. The molecule has 3 aromatic carbocycles. The quantitative estimate of drug-likeness (QED) is 0.406. The van der Waals surface area contributed by atoms with Gasteiger partial charge in [0.2, 0.25) is 17.7 Å². The molecule has 3 heterocycles. The number of anilines is 2. The van der Waals surface area contributed by atoms with Gasteiger partial charge in [-0.25, -0.2) is 8.78 Å². The van der Waals surface area contributed by atoms with Crippen LogP contribution < -0.4 is 16.0 Å². The average Bonchev–Trinajstić information content (AvgIpc) is 3.41. The van der Waals surface area contributed by atoms with Crippen molar-refractivity contribution in [2.75, 3.05) is 50.2 Å². The first-order valence-corrected chi connectivity index (χ1v) is 15.2. The smallest absolute Gasteiger partial charge is 0.248 e. The monoisotopic (exact) mass is 616 g/mol. The molecule has 1 aliphatic carbocycles. The maximum absolute atomic E-state index is 14.2. The number of hydrogen-bond donors (Lipinski definition) is 3. The van der Waals surface area contributed by atoms with E-state index in [0.29, 0.717) is 31.7 Å². The van der Waals surface area contributed by atoms with E-state index in [4.69, 9.17) is 9.47 Å². The number of carbonyl (C=O) groups is 3. The molecule has 2 atom stereocenters. The number of ether oxygens (including phenoxy) is 2. The molecular weight excluding hydrogens is 582 g/mol. The number of rotatable bonds is 5. The largest absolute Gasteiger partial charge is 0.376 e. The number of aryl methyl sites for hydroxylation is 1. The lowest BCUT2D eigenvalue weighted by Crippen LogP contribution is -2.69. The minimum absolute atomic E-state index is 0.0161. The Kier molecular flexibility index (Phi) is 7.42. The molecule has 4 aliphatic rings. The van der Waals surface area contributed by atoms with Crippen molar-refractivity contribution in [2.45, 2.75) is 43.2 Å². The molecule has 0 radical (unpaired) electrons. The molecule has 2 saturated heterocycles. The maximum Gasteiger partial charge on any atom is 0.248 e. The Balaban J connectivity index is 1.13. The summed E-state index contributed by atoms with van der Waals surface area (Å²) in [5, 5.41) is 9.20. The van der Waals surface area contributed by atoms with Gasteiger partial charge in [0, 0.05) is 24.0 Å². The molecule has 2 fully saturated rings. The predicted octanol–water partition coefficient (Wildman–Crippen LogP) is 3.41. The normalized spacial score (nSPS) is 23.5. The van der Waals surface area contributed by atoms with E-state index >= 15 is 0 Å². The van der Waals surface area contributed by atoms with Gasteiger partial charge in [-0.2, -0.15) is 0 Å². The molecule has 11 heteroatoms. The minimum Gasteiger partial charge on any atom is -0.376 e. The van der Waals surface area contributed by atoms with Gasteiger partial charge >= 0.3 is 0 Å². The number of nitrogens with zero attached hydrogens (tertiary/aromatic N) is 1. The summed E-state index contributed by atoms with van der Waals surface area (Å²) >= 11 is 0. The van der Waals surface area contributed by atoms with Crippen LogP contribution in [0.25, 0.3) is 0 Å². The van der Waals surface area contributed by atoms with E-state index in [1.807, 2.05) is 30.3 Å². The van der Waals surface area contributed by atoms with E-state index in [9.17, 15) is 23.2 Å². The number of amides is 3. The van der Waals surface area contributed by atoms with Gasteiger partial charge in [0.05, 0.1) is 37.9 Å². The van der Waals surface area contributed by atoms with Crippen molar-refractivity contribution < 1.29 is 32.6 Å². The summed E-state index contributed by atoms with van der Waals surface area (Å²) in [5.74, 6) is -2.49. The van der Waals surface area contributed by atoms with Gasteiger partial charge in [-0.05, 0) is 71.3 Å². The van der Waals surface area contributed by atoms with E-state index < -0.39 is 40.4 Å². The van der Waals surface area contributed by atoms with Crippen LogP contribution in [-0.4, -0.2) is 67.7 Å². The number of fused-ring (bicyclic) bond motifs is 3. The molecule has 3 N–H and O–H groups in total. The predicted molar refractivity (Wildman–Crippen MR) is 162 cm³/mol. The summed E-state index contributed by atoms with van der Waals surface area (Å²) in [6.07, 6.45) is 1.88. The molecule has 3 amide bonds. The standard InChI is InChI=1S/C34H34F2N4O5/c1-2-20-4-3-5-27-30(20)39-31(42)33(27)14-21-6-7-26(12-23(21)15-33)38-29(41)17-40-28(22-10-24(35)13-25(36)11-22)16-37-34(32(40)43)18-44-8-9-45-19-34/h3-7,10-13,28,37H,2,8-9,14-19H2,1H3,(H,38,41)(H,39,42). The fourth-order valence-electron chi connectivity index (χ4n) is 7.28. The van der Waals surface area contributed by atoms with Gasteiger partial charge in [0.25, 0.3) is 0 Å². The highest BCUT2D eigenvalue weighted by Crippen LogP contribution is 2.48. The molecule has 3 aliphatic heterocycles. The van der Waals surface area contributed by atoms with Gasteiger partial charge in [-0.1, -0.05) is 31.2 Å². The van der Waals surface area contributed by atoms with Crippen LogP contribution in [0.4, 0.5) is 20.2 Å². The molecule has 45 heavy (non-hydrogen) atoms. The molecule has 0 aromatic heterocycles. The van der Waals surface area contributed by atoms with Gasteiger partial charge in [0.1, 0.15) is 23.7 Å². The fraction of sp³-hybridized carbons (Fsp3) is 0.382. The van der Waals surface area contributed by atoms with Crippen molar-refractivity contribution in [3.05, 3.63) is 94.0 Å². The van der Waals surface area contributed by atoms with Gasteiger partial charge in [-0.3, -0.25) is 19.7 Å². The van der Waals surface area contributed by atoms with Crippen LogP contribution in [0.15, 0.2) is 54.6 Å². The van der Waals surface area contributed by atoms with Crippen LogP contribution in [0.3, 0.4) is 0 Å². The van der Waals surface area contributed by atoms with Crippen LogP contribution in [0.2, 0.25) is 0 Å². The van der Waals surface area contributed by atoms with Gasteiger partial charge in [-0.15, -0.1) is 0 Å². The van der Waals surface area contributed by atoms with Crippen LogP contribution >= 0.6 is 0 Å². The first kappa shape index (κ1) is 29.5. The molecule has 2 unspecified atom stereocenters. The highest BCUT2D eigenvalue weighted by molar-refractivity contribution is 6.08.